The quantitative estimate of drug-likeness (QED) is 0.820. The standard InChI is InChI=1S/C15H13BrF3NO/c16-13-6-5-12(17)7-11(13)9-20-8-10-3-1-2-4-14(10)21-15(18)19/h1-7,15,20H,8-9H2. The second kappa shape index (κ2) is 7.47. The molecule has 0 aliphatic heterocycles. The highest BCUT2D eigenvalue weighted by molar-refractivity contribution is 9.10. The fourth-order valence-corrected chi connectivity index (χ4v) is 2.26. The van der Waals surface area contributed by atoms with Gasteiger partial charge in [0.1, 0.15) is 11.6 Å². The van der Waals surface area contributed by atoms with Crippen LogP contribution in [0.25, 0.3) is 0 Å². The Bertz CT molecular complexity index is 607. The molecule has 21 heavy (non-hydrogen) atoms. The minimum atomic E-state index is -2.86. The van der Waals surface area contributed by atoms with Gasteiger partial charge < -0.3 is 10.1 Å². The van der Waals surface area contributed by atoms with Crippen LogP contribution in [0, 0.1) is 5.82 Å². The van der Waals surface area contributed by atoms with Crippen LogP contribution in [0.2, 0.25) is 0 Å². The third-order valence-electron chi connectivity index (χ3n) is 2.83. The van der Waals surface area contributed by atoms with Crippen LogP contribution in [-0.4, -0.2) is 6.61 Å². The summed E-state index contributed by atoms with van der Waals surface area (Å²) in [5.41, 5.74) is 1.37. The molecule has 112 valence electrons. The molecule has 6 heteroatoms. The van der Waals surface area contributed by atoms with Crippen molar-refractivity contribution in [3.63, 3.8) is 0 Å². The van der Waals surface area contributed by atoms with Crippen LogP contribution in [0.1, 0.15) is 11.1 Å². The van der Waals surface area contributed by atoms with E-state index in [4.69, 9.17) is 0 Å². The van der Waals surface area contributed by atoms with Gasteiger partial charge in [0.15, 0.2) is 0 Å². The van der Waals surface area contributed by atoms with Gasteiger partial charge in [-0.25, -0.2) is 4.39 Å². The Labute approximate surface area is 129 Å². The van der Waals surface area contributed by atoms with Crippen molar-refractivity contribution in [1.82, 2.24) is 5.32 Å². The average molecular weight is 360 g/mol. The third-order valence-corrected chi connectivity index (χ3v) is 3.60. The number of rotatable bonds is 6. The second-order valence-electron chi connectivity index (χ2n) is 4.33. The van der Waals surface area contributed by atoms with E-state index < -0.39 is 6.61 Å². The lowest BCUT2D eigenvalue weighted by Crippen LogP contribution is -2.15. The predicted octanol–water partition coefficient (Wildman–Crippen LogP) is 4.48. The first-order valence-electron chi connectivity index (χ1n) is 6.23. The van der Waals surface area contributed by atoms with Crippen LogP contribution in [0.4, 0.5) is 13.2 Å². The summed E-state index contributed by atoms with van der Waals surface area (Å²) >= 11 is 3.33. The van der Waals surface area contributed by atoms with Gasteiger partial charge in [-0.15, -0.1) is 0 Å². The van der Waals surface area contributed by atoms with E-state index in [1.165, 1.54) is 18.2 Å². The number of alkyl halides is 2. The number of hydrogen-bond acceptors (Lipinski definition) is 2. The van der Waals surface area contributed by atoms with Gasteiger partial charge in [-0.05, 0) is 29.8 Å². The number of halogens is 4. The minimum absolute atomic E-state index is 0.137. The van der Waals surface area contributed by atoms with Gasteiger partial charge >= 0.3 is 6.61 Å². The summed E-state index contributed by atoms with van der Waals surface area (Å²) in [6.45, 7) is -2.11. The molecule has 2 nitrogen and oxygen atoms in total. The van der Waals surface area contributed by atoms with Crippen LogP contribution in [0.3, 0.4) is 0 Å². The number of benzene rings is 2. The zero-order chi connectivity index (χ0) is 15.2. The third kappa shape index (κ3) is 4.75. The highest BCUT2D eigenvalue weighted by atomic mass is 79.9. The van der Waals surface area contributed by atoms with Gasteiger partial charge in [-0.3, -0.25) is 0 Å². The Morgan fingerprint density at radius 1 is 1.05 bits per heavy atom. The van der Waals surface area contributed by atoms with Crippen molar-refractivity contribution in [3.05, 3.63) is 63.9 Å². The molecule has 0 aromatic heterocycles. The van der Waals surface area contributed by atoms with Gasteiger partial charge in [0, 0.05) is 23.1 Å². The highest BCUT2D eigenvalue weighted by Gasteiger charge is 2.09. The van der Waals surface area contributed by atoms with Crippen molar-refractivity contribution >= 4 is 15.9 Å². The molecule has 0 aliphatic rings. The van der Waals surface area contributed by atoms with Crippen molar-refractivity contribution in [2.75, 3.05) is 0 Å². The predicted molar refractivity (Wildman–Crippen MR) is 77.7 cm³/mol. The van der Waals surface area contributed by atoms with E-state index in [1.807, 2.05) is 0 Å². The van der Waals surface area contributed by atoms with Gasteiger partial charge in [0.2, 0.25) is 0 Å². The number of nitrogens with one attached hydrogen (secondary N) is 1. The maximum Gasteiger partial charge on any atom is 0.387 e. The van der Waals surface area contributed by atoms with Crippen molar-refractivity contribution in [3.8, 4) is 5.75 Å². The summed E-state index contributed by atoms with van der Waals surface area (Å²) in [6, 6.07) is 11.0. The summed E-state index contributed by atoms with van der Waals surface area (Å²) < 4.78 is 43.0. The van der Waals surface area contributed by atoms with Crippen LogP contribution >= 0.6 is 15.9 Å². The Balaban J connectivity index is 1.99. The summed E-state index contributed by atoms with van der Waals surface area (Å²) in [5, 5.41) is 3.08. The van der Waals surface area contributed by atoms with Gasteiger partial charge in [0.05, 0.1) is 0 Å². The molecule has 0 amide bonds. The van der Waals surface area contributed by atoms with E-state index in [0.29, 0.717) is 18.7 Å². The minimum Gasteiger partial charge on any atom is -0.434 e. The van der Waals surface area contributed by atoms with E-state index in [1.54, 1.807) is 24.3 Å². The molecule has 1 N–H and O–H groups in total. The zero-order valence-corrected chi connectivity index (χ0v) is 12.5. The van der Waals surface area contributed by atoms with Crippen LogP contribution < -0.4 is 10.1 Å². The SMILES string of the molecule is Fc1ccc(Br)c(CNCc2ccccc2OC(F)F)c1. The molecule has 0 unspecified atom stereocenters. The van der Waals surface area contributed by atoms with Crippen LogP contribution in [-0.2, 0) is 13.1 Å². The summed E-state index contributed by atoms with van der Waals surface area (Å²) in [7, 11) is 0. The highest BCUT2D eigenvalue weighted by Crippen LogP contribution is 2.21. The first-order valence-corrected chi connectivity index (χ1v) is 7.03. The van der Waals surface area contributed by atoms with E-state index in [0.717, 1.165) is 10.0 Å². The molecule has 0 atom stereocenters. The lowest BCUT2D eigenvalue weighted by atomic mass is 10.2. The molecule has 2 aromatic rings. The maximum atomic E-state index is 13.2. The van der Waals surface area contributed by atoms with Crippen molar-refractivity contribution in [1.29, 1.82) is 0 Å². The van der Waals surface area contributed by atoms with Crippen LogP contribution in [0.15, 0.2) is 46.9 Å². The average Bonchev–Trinajstić information content (AvgIpc) is 2.44. The zero-order valence-electron chi connectivity index (χ0n) is 11.0. The van der Waals surface area contributed by atoms with Crippen molar-refractivity contribution in [2.24, 2.45) is 0 Å². The first-order chi connectivity index (χ1) is 10.1. The van der Waals surface area contributed by atoms with Crippen molar-refractivity contribution < 1.29 is 17.9 Å². The topological polar surface area (TPSA) is 21.3 Å². The number of hydrogen-bond donors (Lipinski definition) is 1. The number of ether oxygens (including phenoxy) is 1. The van der Waals surface area contributed by atoms with E-state index in [-0.39, 0.29) is 11.6 Å². The van der Waals surface area contributed by atoms with Gasteiger partial charge in [-0.1, -0.05) is 34.1 Å². The Morgan fingerprint density at radius 3 is 2.52 bits per heavy atom. The Kier molecular flexibility index (Phi) is 5.64. The summed E-state index contributed by atoms with van der Waals surface area (Å²) in [5.74, 6) is -0.185. The molecule has 2 rings (SSSR count). The van der Waals surface area contributed by atoms with E-state index >= 15 is 0 Å². The molecule has 0 radical (unpaired) electrons. The smallest absolute Gasteiger partial charge is 0.387 e. The molecule has 2 aromatic carbocycles. The lowest BCUT2D eigenvalue weighted by Gasteiger charge is -2.12. The van der Waals surface area contributed by atoms with Crippen molar-refractivity contribution in [2.45, 2.75) is 19.7 Å². The first kappa shape index (κ1) is 15.9. The van der Waals surface area contributed by atoms with E-state index in [2.05, 4.69) is 26.0 Å². The Morgan fingerprint density at radius 2 is 1.76 bits per heavy atom. The van der Waals surface area contributed by atoms with E-state index in [9.17, 15) is 13.2 Å². The molecular formula is C15H13BrF3NO. The largest absolute Gasteiger partial charge is 0.434 e. The molecule has 0 aliphatic carbocycles. The summed E-state index contributed by atoms with van der Waals surface area (Å²) in [6.07, 6.45) is 0. The maximum absolute atomic E-state index is 13.2. The fourth-order valence-electron chi connectivity index (χ4n) is 1.87. The Hall–Kier alpha value is -1.53. The lowest BCUT2D eigenvalue weighted by molar-refractivity contribution is -0.0505. The number of para-hydroxylation sites is 1. The molecule has 0 saturated carbocycles. The molecule has 0 bridgehead atoms. The fraction of sp³-hybridized carbons (Fsp3) is 0.200. The van der Waals surface area contributed by atoms with Gasteiger partial charge in [-0.2, -0.15) is 8.78 Å². The normalized spacial score (nSPS) is 10.9. The van der Waals surface area contributed by atoms with Crippen LogP contribution in [0.5, 0.6) is 5.75 Å². The monoisotopic (exact) mass is 359 g/mol. The molecular weight excluding hydrogens is 347 g/mol. The second-order valence-corrected chi connectivity index (χ2v) is 5.18. The molecule has 0 fully saturated rings. The van der Waals surface area contributed by atoms with Gasteiger partial charge in [0.25, 0.3) is 0 Å². The molecule has 0 heterocycles. The summed E-state index contributed by atoms with van der Waals surface area (Å²) in [4.78, 5) is 0. The molecule has 0 spiro atoms. The molecule has 0 saturated heterocycles.